The number of rotatable bonds is 14. The Labute approximate surface area is 201 Å². The van der Waals surface area contributed by atoms with Crippen LogP contribution in [0.4, 0.5) is 15.4 Å². The zero-order valence-electron chi connectivity index (χ0n) is 19.9. The topological polar surface area (TPSA) is 185 Å². The molecular weight excluding hydrogens is 489 g/mol. The Morgan fingerprint density at radius 3 is 2.17 bits per heavy atom. The highest BCUT2D eigenvalue weighted by atomic mass is 31.2. The lowest BCUT2D eigenvalue weighted by atomic mass is 10.4. The van der Waals surface area contributed by atoms with Crippen LogP contribution in [0.5, 0.6) is 0 Å². The molecule has 15 nitrogen and oxygen atoms in total. The maximum atomic E-state index is 12.9. The Hall–Kier alpha value is -3.00. The van der Waals surface area contributed by atoms with Crippen LogP contribution in [0.15, 0.2) is 12.7 Å². The average Bonchev–Trinajstić information content (AvgIpc) is 3.17. The normalized spacial score (nSPS) is 11.7. The zero-order chi connectivity index (χ0) is 25.8. The molecule has 2 N–H and O–H groups in total. The molecule has 0 unspecified atom stereocenters. The van der Waals surface area contributed by atoms with Crippen molar-refractivity contribution >= 4 is 36.9 Å². The zero-order valence-corrected chi connectivity index (χ0v) is 20.8. The molecule has 35 heavy (non-hydrogen) atoms. The molecule has 2 aromatic rings. The van der Waals surface area contributed by atoms with Crippen LogP contribution in [-0.2, 0) is 43.8 Å². The van der Waals surface area contributed by atoms with Crippen LogP contribution in [0, 0.1) is 0 Å². The molecule has 0 aliphatic carbocycles. The van der Waals surface area contributed by atoms with Gasteiger partial charge in [-0.2, -0.15) is 0 Å². The Balaban J connectivity index is 1.83. The van der Waals surface area contributed by atoms with Gasteiger partial charge in [-0.05, 0) is 34.1 Å². The van der Waals surface area contributed by atoms with Crippen molar-refractivity contribution < 1.29 is 46.9 Å². The summed E-state index contributed by atoms with van der Waals surface area (Å²) in [4.78, 5) is 35.2. The van der Waals surface area contributed by atoms with Crippen molar-refractivity contribution in [2.24, 2.45) is 0 Å². The van der Waals surface area contributed by atoms with Gasteiger partial charge in [0.1, 0.15) is 18.2 Å². The van der Waals surface area contributed by atoms with Gasteiger partial charge in [0.05, 0.1) is 18.5 Å². The molecule has 0 saturated heterocycles. The molecule has 0 amide bonds. The molecule has 0 spiro atoms. The fourth-order valence-corrected chi connectivity index (χ4v) is 3.45. The van der Waals surface area contributed by atoms with E-state index in [1.165, 1.54) is 6.33 Å². The Morgan fingerprint density at radius 2 is 1.60 bits per heavy atom. The highest BCUT2D eigenvalue weighted by molar-refractivity contribution is 7.53. The fraction of sp³-hybridized carbons (Fsp3) is 0.632. The largest absolute Gasteiger partial charge is 0.510 e. The van der Waals surface area contributed by atoms with Gasteiger partial charge in [0.15, 0.2) is 11.5 Å². The monoisotopic (exact) mass is 519 g/mol. The first-order valence-corrected chi connectivity index (χ1v) is 12.4. The number of nitrogens with zero attached hydrogens (tertiary/aromatic N) is 4. The molecular formula is C19H30N5O10P. The molecule has 2 heterocycles. The van der Waals surface area contributed by atoms with Crippen molar-refractivity contribution in [3.05, 3.63) is 12.7 Å². The number of ether oxygens (including phenoxy) is 5. The van der Waals surface area contributed by atoms with E-state index in [4.69, 9.17) is 38.5 Å². The van der Waals surface area contributed by atoms with Gasteiger partial charge in [-0.15, -0.1) is 0 Å². The van der Waals surface area contributed by atoms with Crippen molar-refractivity contribution in [3.63, 3.8) is 0 Å². The van der Waals surface area contributed by atoms with E-state index in [0.717, 1.165) is 0 Å². The molecule has 0 atom stereocenters. The number of imidazole rings is 1. The molecule has 0 saturated carbocycles. The van der Waals surface area contributed by atoms with Gasteiger partial charge in [-0.3, -0.25) is 13.6 Å². The van der Waals surface area contributed by atoms with Crippen molar-refractivity contribution in [1.29, 1.82) is 0 Å². The first kappa shape index (κ1) is 28.2. The van der Waals surface area contributed by atoms with Gasteiger partial charge in [0.2, 0.25) is 13.6 Å². The van der Waals surface area contributed by atoms with E-state index in [-0.39, 0.29) is 12.4 Å². The van der Waals surface area contributed by atoms with Gasteiger partial charge in [0, 0.05) is 13.2 Å². The van der Waals surface area contributed by atoms with Crippen molar-refractivity contribution in [2.75, 3.05) is 32.3 Å². The van der Waals surface area contributed by atoms with Gasteiger partial charge in [-0.1, -0.05) is 0 Å². The maximum absolute atomic E-state index is 12.9. The summed E-state index contributed by atoms with van der Waals surface area (Å²) in [5, 5.41) is 0. The summed E-state index contributed by atoms with van der Waals surface area (Å²) < 4.78 is 49.3. The minimum absolute atomic E-state index is 0.156. The number of anilines is 1. The number of nitrogens with two attached hydrogens (primary N) is 1. The van der Waals surface area contributed by atoms with Crippen molar-refractivity contribution in [1.82, 2.24) is 19.5 Å². The van der Waals surface area contributed by atoms with E-state index in [1.54, 1.807) is 38.6 Å². The number of nitrogen functional groups attached to an aromatic ring is 1. The van der Waals surface area contributed by atoms with E-state index in [2.05, 4.69) is 15.0 Å². The fourth-order valence-electron chi connectivity index (χ4n) is 2.45. The van der Waals surface area contributed by atoms with Crippen LogP contribution in [0.1, 0.15) is 34.1 Å². The lowest BCUT2D eigenvalue weighted by Gasteiger charge is -2.18. The number of hydrogen-bond acceptors (Lipinski definition) is 14. The highest BCUT2D eigenvalue weighted by Gasteiger charge is 2.27. The van der Waals surface area contributed by atoms with Crippen LogP contribution in [0.25, 0.3) is 11.2 Å². The Bertz CT molecular complexity index is 983. The van der Waals surface area contributed by atoms with Crippen LogP contribution >= 0.6 is 7.60 Å². The van der Waals surface area contributed by atoms with Crippen LogP contribution in [0.3, 0.4) is 0 Å². The molecule has 0 aliphatic rings. The molecule has 0 aliphatic heterocycles. The first-order valence-electron chi connectivity index (χ1n) is 10.6. The number of hydrogen-bond donors (Lipinski definition) is 1. The van der Waals surface area contributed by atoms with Gasteiger partial charge < -0.3 is 34.0 Å². The quantitative estimate of drug-likeness (QED) is 0.166. The predicted molar refractivity (Wildman–Crippen MR) is 120 cm³/mol. The first-order chi connectivity index (χ1) is 16.6. The molecule has 0 bridgehead atoms. The molecule has 2 aromatic heterocycles. The standard InChI is InChI=1S/C19H30N5O10P/c1-13(2)33-18(25)29-10-31-35(27,32-11-30-19(26)34-14(3)4)12-28-7-5-6-24-9-23-15-16(20)21-8-22-17(15)24/h8-9,13-14H,5-7,10-12H2,1-4H3,(H2,20,21,22). The van der Waals surface area contributed by atoms with Crippen LogP contribution in [-0.4, -0.2) is 70.6 Å². The lowest BCUT2D eigenvalue weighted by molar-refractivity contribution is -0.0343. The number of fused-ring (bicyclic) bond motifs is 1. The summed E-state index contributed by atoms with van der Waals surface area (Å²) >= 11 is 0. The number of carbonyl (C=O) groups is 2. The maximum Gasteiger partial charge on any atom is 0.510 e. The number of aryl methyl sites for hydroxylation is 1. The number of aromatic nitrogens is 4. The summed E-state index contributed by atoms with van der Waals surface area (Å²) in [5.41, 5.74) is 6.84. The van der Waals surface area contributed by atoms with Crippen molar-refractivity contribution in [3.8, 4) is 0 Å². The summed E-state index contributed by atoms with van der Waals surface area (Å²) in [7, 11) is -3.99. The van der Waals surface area contributed by atoms with E-state index in [1.807, 2.05) is 0 Å². The minimum atomic E-state index is -3.99. The smallest absolute Gasteiger partial charge is 0.432 e. The van der Waals surface area contributed by atoms with Crippen molar-refractivity contribution in [2.45, 2.75) is 52.9 Å². The summed E-state index contributed by atoms with van der Waals surface area (Å²) in [6.45, 7) is 5.70. The van der Waals surface area contributed by atoms with Crippen LogP contribution < -0.4 is 5.73 Å². The number of carbonyl (C=O) groups excluding carboxylic acids is 2. The molecule has 0 radical (unpaired) electrons. The summed E-state index contributed by atoms with van der Waals surface area (Å²) in [5.74, 6) is 0.277. The van der Waals surface area contributed by atoms with E-state index in [0.29, 0.717) is 24.1 Å². The second-order valence-electron chi connectivity index (χ2n) is 7.49. The molecule has 16 heteroatoms. The minimum Gasteiger partial charge on any atom is -0.432 e. The Kier molecular flexibility index (Phi) is 11.1. The van der Waals surface area contributed by atoms with Gasteiger partial charge >= 0.3 is 19.9 Å². The lowest BCUT2D eigenvalue weighted by Crippen LogP contribution is -2.17. The third kappa shape index (κ3) is 10.0. The van der Waals surface area contributed by atoms with Crippen LogP contribution in [0.2, 0.25) is 0 Å². The van der Waals surface area contributed by atoms with Gasteiger partial charge in [-0.25, -0.2) is 24.5 Å². The molecule has 196 valence electrons. The Morgan fingerprint density at radius 1 is 1.00 bits per heavy atom. The predicted octanol–water partition coefficient (Wildman–Crippen LogP) is 3.04. The summed E-state index contributed by atoms with van der Waals surface area (Å²) in [6.07, 6.45) is 0.0578. The second kappa shape index (κ2) is 13.8. The molecule has 0 fully saturated rings. The van der Waals surface area contributed by atoms with E-state index < -0.39 is 52.0 Å². The highest BCUT2D eigenvalue weighted by Crippen LogP contribution is 2.48. The van der Waals surface area contributed by atoms with Gasteiger partial charge in [0.25, 0.3) is 0 Å². The third-order valence-corrected chi connectivity index (χ3v) is 5.38. The SMILES string of the molecule is CC(C)OC(=O)OCOP(=O)(COCCCn1cnc2c(N)ncnc21)OCOC(=O)OC(C)C. The molecule has 0 aromatic carbocycles. The summed E-state index contributed by atoms with van der Waals surface area (Å²) in [6, 6.07) is 0. The average molecular weight is 519 g/mol. The van der Waals surface area contributed by atoms with E-state index >= 15 is 0 Å². The third-order valence-electron chi connectivity index (χ3n) is 3.88. The molecule has 2 rings (SSSR count). The van der Waals surface area contributed by atoms with E-state index in [9.17, 15) is 14.2 Å². The second-order valence-corrected chi connectivity index (χ2v) is 9.48.